The molecule has 2 atom stereocenters. The maximum atomic E-state index is 2.57. The number of fused-ring (bicyclic) bond motifs is 10. The van der Waals surface area contributed by atoms with E-state index in [0.29, 0.717) is 11.8 Å². The summed E-state index contributed by atoms with van der Waals surface area (Å²) >= 11 is 0. The van der Waals surface area contributed by atoms with Crippen LogP contribution in [0.4, 0.5) is 34.1 Å². The number of hydrogen-bond donors (Lipinski definition) is 0. The molecule has 0 heterocycles. The molecule has 2 nitrogen and oxygen atoms in total. The van der Waals surface area contributed by atoms with Crippen molar-refractivity contribution in [2.24, 2.45) is 0 Å². The molecule has 20 rings (SSSR count). The number of rotatable bonds is 24. The molecule has 0 amide bonds. The van der Waals surface area contributed by atoms with Crippen LogP contribution in [0.1, 0.15) is 165 Å². The Morgan fingerprint density at radius 2 is 0.630 bits per heavy atom. The fraction of sp³-hybridized carbons (Fsp3) is 0.179. The Balaban J connectivity index is 0.617. The van der Waals surface area contributed by atoms with Crippen molar-refractivity contribution in [1.29, 1.82) is 0 Å². The second-order valence-electron chi connectivity index (χ2n) is 35.2. The largest absolute Gasteiger partial charge is 0.310 e. The Kier molecular flexibility index (Phi) is 19.6. The summed E-state index contributed by atoms with van der Waals surface area (Å²) in [6.45, 7) is 14.3. The quantitative estimate of drug-likeness (QED) is 0.0557. The fourth-order valence-corrected chi connectivity index (χ4v) is 20.8. The minimum Gasteiger partial charge on any atom is -0.310 e. The molecular formula is C117H102N2. The first kappa shape index (κ1) is 74.9. The Morgan fingerprint density at radius 1 is 0.277 bits per heavy atom. The van der Waals surface area contributed by atoms with Gasteiger partial charge in [-0.05, 0) is 297 Å². The second-order valence-corrected chi connectivity index (χ2v) is 35.2. The van der Waals surface area contributed by atoms with Gasteiger partial charge in [-0.1, -0.05) is 352 Å². The van der Waals surface area contributed by atoms with Crippen LogP contribution in [0.15, 0.2) is 376 Å². The van der Waals surface area contributed by atoms with Gasteiger partial charge in [0, 0.05) is 50.4 Å². The molecule has 4 aliphatic rings. The summed E-state index contributed by atoms with van der Waals surface area (Å²) in [7, 11) is 0. The highest BCUT2D eigenvalue weighted by Crippen LogP contribution is 2.58. The highest BCUT2D eigenvalue weighted by molar-refractivity contribution is 5.92. The molecule has 0 bridgehead atoms. The minimum absolute atomic E-state index is 0.147. The Bertz CT molecular complexity index is 6100. The van der Waals surface area contributed by atoms with Crippen molar-refractivity contribution in [3.05, 3.63) is 443 Å². The van der Waals surface area contributed by atoms with Crippen molar-refractivity contribution in [2.75, 3.05) is 9.80 Å². The monoisotopic (exact) mass is 1530 g/mol. The molecule has 0 saturated carbocycles. The van der Waals surface area contributed by atoms with Gasteiger partial charge in [0.05, 0.1) is 0 Å². The first-order valence-corrected chi connectivity index (χ1v) is 43.6. The summed E-state index contributed by atoms with van der Waals surface area (Å²) in [4.78, 5) is 4.90. The average molecular weight is 1540 g/mol. The summed E-state index contributed by atoms with van der Waals surface area (Å²) in [6, 6.07) is 143. The van der Waals surface area contributed by atoms with Crippen LogP contribution in [0.3, 0.4) is 0 Å². The Morgan fingerprint density at radius 3 is 1.08 bits per heavy atom. The van der Waals surface area contributed by atoms with Crippen LogP contribution >= 0.6 is 0 Å². The van der Waals surface area contributed by atoms with Crippen molar-refractivity contribution < 1.29 is 0 Å². The zero-order valence-corrected chi connectivity index (χ0v) is 69.4. The van der Waals surface area contributed by atoms with Gasteiger partial charge >= 0.3 is 0 Å². The number of aryl methyl sites for hydroxylation is 3. The molecule has 0 radical (unpaired) electrons. The van der Waals surface area contributed by atoms with Crippen molar-refractivity contribution in [2.45, 2.75) is 134 Å². The van der Waals surface area contributed by atoms with E-state index in [-0.39, 0.29) is 10.8 Å². The van der Waals surface area contributed by atoms with Gasteiger partial charge in [-0.3, -0.25) is 0 Å². The molecule has 0 aliphatic heterocycles. The lowest BCUT2D eigenvalue weighted by Gasteiger charge is -2.34. The number of unbranched alkanes of at least 4 members (excludes halogenated alkanes) is 3. The van der Waals surface area contributed by atoms with Gasteiger partial charge in [-0.2, -0.15) is 0 Å². The molecule has 0 saturated heterocycles. The van der Waals surface area contributed by atoms with Crippen LogP contribution in [-0.4, -0.2) is 0 Å². The number of hydrogen-bond acceptors (Lipinski definition) is 2. The predicted octanol–water partition coefficient (Wildman–Crippen LogP) is 31.9. The van der Waals surface area contributed by atoms with Crippen LogP contribution in [-0.2, 0) is 35.5 Å². The van der Waals surface area contributed by atoms with Crippen molar-refractivity contribution in [3.63, 3.8) is 0 Å². The molecule has 0 fully saturated rings. The van der Waals surface area contributed by atoms with E-state index in [2.05, 4.69) is 427 Å². The summed E-state index contributed by atoms with van der Waals surface area (Å²) < 4.78 is 0. The van der Waals surface area contributed by atoms with Crippen molar-refractivity contribution in [3.8, 4) is 89.0 Å². The molecular weight excluding hydrogens is 1430 g/mol. The highest BCUT2D eigenvalue weighted by atomic mass is 15.1. The van der Waals surface area contributed by atoms with E-state index in [1.165, 1.54) is 175 Å². The lowest BCUT2D eigenvalue weighted by molar-refractivity contribution is 0.511. The van der Waals surface area contributed by atoms with E-state index in [1.807, 2.05) is 0 Å². The van der Waals surface area contributed by atoms with Crippen LogP contribution in [0, 0.1) is 0 Å². The van der Waals surface area contributed by atoms with Crippen molar-refractivity contribution >= 4 is 34.1 Å². The molecule has 4 aliphatic carbocycles. The Labute approximate surface area is 704 Å². The second kappa shape index (κ2) is 31.2. The van der Waals surface area contributed by atoms with E-state index >= 15 is 0 Å². The predicted molar refractivity (Wildman–Crippen MR) is 503 cm³/mol. The first-order valence-electron chi connectivity index (χ1n) is 43.6. The van der Waals surface area contributed by atoms with E-state index in [1.54, 1.807) is 0 Å². The zero-order valence-electron chi connectivity index (χ0n) is 69.4. The molecule has 0 N–H and O–H groups in total. The van der Waals surface area contributed by atoms with Crippen LogP contribution in [0.5, 0.6) is 0 Å². The zero-order chi connectivity index (χ0) is 80.4. The third kappa shape index (κ3) is 13.8. The molecule has 2 heteroatoms. The minimum atomic E-state index is -0.430. The van der Waals surface area contributed by atoms with Crippen LogP contribution in [0.2, 0.25) is 0 Å². The SMILES string of the molecule is CCC(CC(C)c1ccc(-c2ccc3c(c2)CC3)cc1)c1ccc(CCCCCCC2(c3ccccc3)c3cc(-c4ccc(N(c5ccc(-c6ccccc6)cc5)c5ccc6c(c5)C(C)(C)c5ccccc5-6)cc4)ccc3-c3ccc(-c4ccc(N(c5ccc(-c6ccccc6)cc5)c5ccc6c(c5)C(C)(C)c5ccccc5-6)cc4)cc32)cc1. The molecule has 0 aromatic heterocycles. The maximum Gasteiger partial charge on any atom is 0.0465 e. The van der Waals surface area contributed by atoms with E-state index in [9.17, 15) is 0 Å². The number of anilines is 6. The van der Waals surface area contributed by atoms with Gasteiger partial charge < -0.3 is 9.80 Å². The molecule has 119 heavy (non-hydrogen) atoms. The van der Waals surface area contributed by atoms with Gasteiger partial charge in [0.2, 0.25) is 0 Å². The van der Waals surface area contributed by atoms with Gasteiger partial charge in [0.25, 0.3) is 0 Å². The lowest BCUT2D eigenvalue weighted by atomic mass is 9.68. The third-order valence-electron chi connectivity index (χ3n) is 27.6. The first-order chi connectivity index (χ1) is 58.3. The lowest BCUT2D eigenvalue weighted by Crippen LogP contribution is -2.27. The summed E-state index contributed by atoms with van der Waals surface area (Å²) in [6.07, 6.45) is 11.3. The molecule has 16 aromatic rings. The average Bonchev–Trinajstić information content (AvgIpc) is 1.54. The normalized spacial score (nSPS) is 14.3. The summed E-state index contributed by atoms with van der Waals surface area (Å²) in [5.41, 5.74) is 43.2. The molecule has 0 spiro atoms. The van der Waals surface area contributed by atoms with E-state index < -0.39 is 5.41 Å². The fourth-order valence-electron chi connectivity index (χ4n) is 20.8. The molecule has 580 valence electrons. The standard InChI is InChI=1S/C117H102N2/c1-7-81(73-79(2)82-40-42-88(43-41-82)92-46-44-89-45-47-93(89)74-92)85-38-36-80(37-39-85)25-13-8-9-24-72-117(96-30-18-12-19-31-96)113-75-94(90-52-62-99(63-53-90)118(97-58-48-86(49-59-97)83-26-14-10-15-27-83)101-66-70-105-103-32-20-22-34-109(103)115(3,4)111(105)77-101)56-68-107(113)108-69-57-95(76-114(108)117)91-54-64-100(65-55-91)119(98-60-50-87(51-61-98)84-28-16-11-17-29-84)102-67-71-106-104-33-21-23-35-110(104)116(5,6)112(106)78-102/h10-12,14-23,26-44,46,48-71,74-79,81H,7-9,13,24-25,45,47,72-73H2,1-6H3. The third-order valence-corrected chi connectivity index (χ3v) is 27.6. The topological polar surface area (TPSA) is 6.48 Å². The van der Waals surface area contributed by atoms with Gasteiger partial charge in [0.15, 0.2) is 0 Å². The smallest absolute Gasteiger partial charge is 0.0465 e. The van der Waals surface area contributed by atoms with Crippen LogP contribution < -0.4 is 9.80 Å². The Hall–Kier alpha value is -12.9. The van der Waals surface area contributed by atoms with Gasteiger partial charge in [0.1, 0.15) is 0 Å². The highest BCUT2D eigenvalue weighted by Gasteiger charge is 2.45. The van der Waals surface area contributed by atoms with Gasteiger partial charge in [-0.15, -0.1) is 0 Å². The van der Waals surface area contributed by atoms with E-state index in [4.69, 9.17) is 0 Å². The summed E-state index contributed by atoms with van der Waals surface area (Å²) in [5.74, 6) is 0.991. The van der Waals surface area contributed by atoms with E-state index in [0.717, 1.165) is 79.1 Å². The summed E-state index contributed by atoms with van der Waals surface area (Å²) in [5, 5.41) is 0. The van der Waals surface area contributed by atoms with Crippen LogP contribution in [0.25, 0.3) is 89.0 Å². The number of nitrogens with zero attached hydrogens (tertiary/aromatic N) is 2. The maximum absolute atomic E-state index is 2.57. The van der Waals surface area contributed by atoms with Crippen molar-refractivity contribution in [1.82, 2.24) is 0 Å². The van der Waals surface area contributed by atoms with Gasteiger partial charge in [-0.25, -0.2) is 0 Å². The molecule has 16 aromatic carbocycles. The number of benzene rings is 16. The molecule has 2 unspecified atom stereocenters.